The minimum Gasteiger partial charge on any atom is -0.369 e. The smallest absolute Gasteiger partial charge is 0.221 e. The van der Waals surface area contributed by atoms with Crippen LogP contribution in [0.3, 0.4) is 0 Å². The number of hydrogen-bond donors (Lipinski definition) is 3. The van der Waals surface area contributed by atoms with E-state index in [9.17, 15) is 9.59 Å². The Morgan fingerprint density at radius 3 is 2.16 bits per heavy atom. The first-order valence-corrected chi connectivity index (χ1v) is 7.04. The number of rotatable bonds is 4. The number of nitrogens with two attached hydrogens (primary N) is 2. The van der Waals surface area contributed by atoms with E-state index in [-0.39, 0.29) is 35.2 Å². The summed E-state index contributed by atoms with van der Waals surface area (Å²) in [7, 11) is 0. The molecule has 2 amide bonds. The molecule has 0 aliphatic heterocycles. The summed E-state index contributed by atoms with van der Waals surface area (Å²) in [5.74, 6) is -0.241. The lowest BCUT2D eigenvalue weighted by Crippen LogP contribution is -2.44. The van der Waals surface area contributed by atoms with Gasteiger partial charge in [0.25, 0.3) is 0 Å². The maximum Gasteiger partial charge on any atom is 0.221 e. The SMILES string of the molecule is CC(C)(C)C(N)CC(=O)NC1CCC(C(N)=O)CC1. The van der Waals surface area contributed by atoms with Gasteiger partial charge in [-0.3, -0.25) is 9.59 Å². The Kier molecular flexibility index (Phi) is 5.35. The van der Waals surface area contributed by atoms with Gasteiger partial charge in [-0.1, -0.05) is 20.8 Å². The summed E-state index contributed by atoms with van der Waals surface area (Å²) < 4.78 is 0. The quantitative estimate of drug-likeness (QED) is 0.707. The summed E-state index contributed by atoms with van der Waals surface area (Å²) >= 11 is 0. The van der Waals surface area contributed by atoms with Crippen molar-refractivity contribution in [3.63, 3.8) is 0 Å². The first kappa shape index (κ1) is 16.0. The summed E-state index contributed by atoms with van der Waals surface area (Å²) in [6.45, 7) is 6.09. The predicted molar refractivity (Wildman–Crippen MR) is 75.1 cm³/mol. The van der Waals surface area contributed by atoms with Gasteiger partial charge in [-0.05, 0) is 31.1 Å². The Morgan fingerprint density at radius 1 is 1.21 bits per heavy atom. The van der Waals surface area contributed by atoms with Crippen LogP contribution in [0.15, 0.2) is 0 Å². The molecule has 1 aliphatic carbocycles. The molecule has 1 atom stereocenters. The van der Waals surface area contributed by atoms with Crippen molar-refractivity contribution < 1.29 is 9.59 Å². The highest BCUT2D eigenvalue weighted by atomic mass is 16.2. The molecule has 5 nitrogen and oxygen atoms in total. The molecule has 0 aromatic rings. The van der Waals surface area contributed by atoms with Gasteiger partial charge in [-0.15, -0.1) is 0 Å². The van der Waals surface area contributed by atoms with E-state index in [1.54, 1.807) is 0 Å². The van der Waals surface area contributed by atoms with Crippen LogP contribution in [0, 0.1) is 11.3 Å². The van der Waals surface area contributed by atoms with E-state index in [2.05, 4.69) is 5.32 Å². The second kappa shape index (κ2) is 6.37. The molecule has 0 bridgehead atoms. The van der Waals surface area contributed by atoms with Crippen molar-refractivity contribution in [2.24, 2.45) is 22.8 Å². The van der Waals surface area contributed by atoms with Crippen LogP contribution in [-0.4, -0.2) is 23.9 Å². The van der Waals surface area contributed by atoms with Crippen LogP contribution < -0.4 is 16.8 Å². The Morgan fingerprint density at radius 2 is 1.74 bits per heavy atom. The molecular formula is C14H27N3O2. The molecule has 0 radical (unpaired) electrons. The van der Waals surface area contributed by atoms with E-state index in [4.69, 9.17) is 11.5 Å². The van der Waals surface area contributed by atoms with E-state index >= 15 is 0 Å². The average Bonchev–Trinajstić information content (AvgIpc) is 2.28. The zero-order chi connectivity index (χ0) is 14.6. The van der Waals surface area contributed by atoms with Crippen molar-refractivity contribution in [2.45, 2.75) is 65.0 Å². The minimum atomic E-state index is -0.223. The van der Waals surface area contributed by atoms with Crippen LogP contribution >= 0.6 is 0 Å². The second-order valence-corrected chi connectivity index (χ2v) is 6.70. The first-order chi connectivity index (χ1) is 8.70. The second-order valence-electron chi connectivity index (χ2n) is 6.70. The van der Waals surface area contributed by atoms with Crippen molar-refractivity contribution in [2.75, 3.05) is 0 Å². The van der Waals surface area contributed by atoms with Crippen LogP contribution in [0.1, 0.15) is 52.9 Å². The number of amides is 2. The monoisotopic (exact) mass is 269 g/mol. The van der Waals surface area contributed by atoms with Crippen LogP contribution in [0.25, 0.3) is 0 Å². The Hall–Kier alpha value is -1.10. The van der Waals surface area contributed by atoms with Gasteiger partial charge in [0.2, 0.25) is 11.8 Å². The molecule has 0 aromatic carbocycles. The van der Waals surface area contributed by atoms with Crippen LogP contribution in [0.5, 0.6) is 0 Å². The maximum absolute atomic E-state index is 11.9. The van der Waals surface area contributed by atoms with E-state index in [1.807, 2.05) is 20.8 Å². The highest BCUT2D eigenvalue weighted by Crippen LogP contribution is 2.24. The van der Waals surface area contributed by atoms with E-state index < -0.39 is 0 Å². The molecule has 0 heterocycles. The summed E-state index contributed by atoms with van der Waals surface area (Å²) in [6, 6.07) is 0.0183. The molecule has 1 unspecified atom stereocenters. The van der Waals surface area contributed by atoms with E-state index in [0.717, 1.165) is 25.7 Å². The largest absolute Gasteiger partial charge is 0.369 e. The molecule has 1 rings (SSSR count). The fraction of sp³-hybridized carbons (Fsp3) is 0.857. The number of primary amides is 1. The molecule has 1 saturated carbocycles. The Bertz CT molecular complexity index is 328. The third-order valence-electron chi connectivity index (χ3n) is 4.01. The van der Waals surface area contributed by atoms with Gasteiger partial charge in [-0.2, -0.15) is 0 Å². The number of carbonyl (C=O) groups excluding carboxylic acids is 2. The average molecular weight is 269 g/mol. The highest BCUT2D eigenvalue weighted by molar-refractivity contribution is 5.78. The normalized spacial score (nSPS) is 25.7. The molecule has 1 fully saturated rings. The van der Waals surface area contributed by atoms with Crippen molar-refractivity contribution >= 4 is 11.8 Å². The standard InChI is InChI=1S/C14H27N3O2/c1-14(2,3)11(15)8-12(18)17-10-6-4-9(5-7-10)13(16)19/h9-11H,4-8,15H2,1-3H3,(H2,16,19)(H,17,18). The molecular weight excluding hydrogens is 242 g/mol. The minimum absolute atomic E-state index is 0.00458. The zero-order valence-electron chi connectivity index (χ0n) is 12.2. The molecule has 0 saturated heterocycles. The van der Waals surface area contributed by atoms with Crippen LogP contribution in [0.2, 0.25) is 0 Å². The van der Waals surface area contributed by atoms with Crippen molar-refractivity contribution in [1.29, 1.82) is 0 Å². The van der Waals surface area contributed by atoms with E-state index in [0.29, 0.717) is 6.42 Å². The lowest BCUT2D eigenvalue weighted by atomic mass is 9.84. The lowest BCUT2D eigenvalue weighted by Gasteiger charge is -2.30. The van der Waals surface area contributed by atoms with Gasteiger partial charge in [0.15, 0.2) is 0 Å². The number of hydrogen-bond acceptors (Lipinski definition) is 3. The van der Waals surface area contributed by atoms with Gasteiger partial charge in [0, 0.05) is 24.4 Å². The summed E-state index contributed by atoms with van der Waals surface area (Å²) in [6.07, 6.45) is 3.53. The van der Waals surface area contributed by atoms with Gasteiger partial charge in [0.1, 0.15) is 0 Å². The fourth-order valence-electron chi connectivity index (χ4n) is 2.31. The van der Waals surface area contributed by atoms with Crippen LogP contribution in [-0.2, 0) is 9.59 Å². The van der Waals surface area contributed by atoms with Gasteiger partial charge in [-0.25, -0.2) is 0 Å². The molecule has 0 aromatic heterocycles. The van der Waals surface area contributed by atoms with Gasteiger partial charge in [0.05, 0.1) is 0 Å². The summed E-state index contributed by atoms with van der Waals surface area (Å²) in [5.41, 5.74) is 11.2. The molecule has 19 heavy (non-hydrogen) atoms. The Balaban J connectivity index is 2.33. The summed E-state index contributed by atoms with van der Waals surface area (Å²) in [4.78, 5) is 23.0. The molecule has 0 spiro atoms. The highest BCUT2D eigenvalue weighted by Gasteiger charge is 2.27. The van der Waals surface area contributed by atoms with Gasteiger partial charge < -0.3 is 16.8 Å². The first-order valence-electron chi connectivity index (χ1n) is 7.04. The predicted octanol–water partition coefficient (Wildman–Crippen LogP) is 0.910. The number of carbonyl (C=O) groups is 2. The third-order valence-corrected chi connectivity index (χ3v) is 4.01. The lowest BCUT2D eigenvalue weighted by molar-refractivity contribution is -0.123. The maximum atomic E-state index is 11.9. The number of nitrogens with one attached hydrogen (secondary N) is 1. The zero-order valence-corrected chi connectivity index (χ0v) is 12.2. The fourth-order valence-corrected chi connectivity index (χ4v) is 2.31. The summed E-state index contributed by atoms with van der Waals surface area (Å²) in [5, 5.41) is 3.01. The van der Waals surface area contributed by atoms with Crippen molar-refractivity contribution in [3.05, 3.63) is 0 Å². The molecule has 1 aliphatic rings. The molecule has 5 N–H and O–H groups in total. The van der Waals surface area contributed by atoms with Crippen molar-refractivity contribution in [3.8, 4) is 0 Å². The third kappa shape index (κ3) is 5.19. The van der Waals surface area contributed by atoms with Crippen LogP contribution in [0.4, 0.5) is 0 Å². The van der Waals surface area contributed by atoms with Gasteiger partial charge >= 0.3 is 0 Å². The topological polar surface area (TPSA) is 98.2 Å². The van der Waals surface area contributed by atoms with Crippen molar-refractivity contribution in [1.82, 2.24) is 5.32 Å². The molecule has 5 heteroatoms. The van der Waals surface area contributed by atoms with E-state index in [1.165, 1.54) is 0 Å². The Labute approximate surface area is 115 Å². The molecule has 110 valence electrons.